The van der Waals surface area contributed by atoms with Crippen LogP contribution in [-0.4, -0.2) is 37.2 Å². The second kappa shape index (κ2) is 6.15. The van der Waals surface area contributed by atoms with E-state index in [1.54, 1.807) is 11.5 Å². The van der Waals surface area contributed by atoms with Gasteiger partial charge in [-0.15, -0.1) is 5.10 Å². The lowest BCUT2D eigenvalue weighted by Gasteiger charge is -2.07. The predicted octanol–water partition coefficient (Wildman–Crippen LogP) is 1.85. The molecular formula is C13H12N2O4S2. The highest BCUT2D eigenvalue weighted by atomic mass is 32.2. The summed E-state index contributed by atoms with van der Waals surface area (Å²) in [5, 5.41) is 5.49. The van der Waals surface area contributed by atoms with Crippen LogP contribution in [0.3, 0.4) is 0 Å². The van der Waals surface area contributed by atoms with Crippen molar-refractivity contribution in [1.82, 2.24) is 9.59 Å². The molecule has 1 aromatic carbocycles. The summed E-state index contributed by atoms with van der Waals surface area (Å²) in [4.78, 5) is 12.1. The average Bonchev–Trinajstić information content (AvgIpc) is 2.96. The Morgan fingerprint density at radius 3 is 2.71 bits per heavy atom. The second-order valence-corrected chi connectivity index (χ2v) is 6.76. The van der Waals surface area contributed by atoms with E-state index >= 15 is 0 Å². The molecule has 0 aliphatic rings. The van der Waals surface area contributed by atoms with Crippen molar-refractivity contribution in [2.45, 2.75) is 4.90 Å². The lowest BCUT2D eigenvalue weighted by atomic mass is 10.1. The summed E-state index contributed by atoms with van der Waals surface area (Å²) < 4.78 is 31.9. The maximum absolute atomic E-state index is 12.0. The zero-order valence-corrected chi connectivity index (χ0v) is 12.9. The van der Waals surface area contributed by atoms with Gasteiger partial charge in [-0.3, -0.25) is 4.79 Å². The lowest BCUT2D eigenvalue weighted by Crippen LogP contribution is -2.03. The molecule has 0 aliphatic carbocycles. The van der Waals surface area contributed by atoms with Crippen molar-refractivity contribution in [1.29, 1.82) is 0 Å². The van der Waals surface area contributed by atoms with E-state index in [2.05, 4.69) is 9.59 Å². The number of carbonyl (C=O) groups is 1. The first-order chi connectivity index (χ1) is 9.91. The molecule has 0 unspecified atom stereocenters. The van der Waals surface area contributed by atoms with E-state index in [9.17, 15) is 13.2 Å². The van der Waals surface area contributed by atoms with Gasteiger partial charge in [0.15, 0.2) is 15.6 Å². The molecule has 0 saturated heterocycles. The molecule has 1 heterocycles. The summed E-state index contributed by atoms with van der Waals surface area (Å²) in [6.07, 6.45) is 3.98. The van der Waals surface area contributed by atoms with Crippen LogP contribution in [0.5, 0.6) is 5.75 Å². The maximum Gasteiger partial charge on any atom is 0.186 e. The quantitative estimate of drug-likeness (QED) is 0.616. The van der Waals surface area contributed by atoms with Crippen LogP contribution in [-0.2, 0) is 9.84 Å². The van der Waals surface area contributed by atoms with E-state index in [4.69, 9.17) is 4.74 Å². The van der Waals surface area contributed by atoms with Crippen LogP contribution < -0.4 is 4.74 Å². The number of hydrogen-bond acceptors (Lipinski definition) is 7. The Hall–Kier alpha value is -2.06. The SMILES string of the molecule is COc1cc(C(=O)/C=C/c2csnn2)ccc1S(C)(=O)=O. The van der Waals surface area contributed by atoms with Crippen molar-refractivity contribution in [3.8, 4) is 5.75 Å². The molecular weight excluding hydrogens is 312 g/mol. The Morgan fingerprint density at radius 2 is 2.14 bits per heavy atom. The minimum Gasteiger partial charge on any atom is -0.495 e. The number of nitrogens with zero attached hydrogens (tertiary/aromatic N) is 2. The highest BCUT2D eigenvalue weighted by Crippen LogP contribution is 2.25. The topological polar surface area (TPSA) is 86.2 Å². The van der Waals surface area contributed by atoms with Crippen LogP contribution in [0.25, 0.3) is 6.08 Å². The van der Waals surface area contributed by atoms with E-state index in [0.717, 1.165) is 6.26 Å². The second-order valence-electron chi connectivity index (χ2n) is 4.17. The number of ketones is 1. The monoisotopic (exact) mass is 324 g/mol. The predicted molar refractivity (Wildman–Crippen MR) is 79.4 cm³/mol. The summed E-state index contributed by atoms with van der Waals surface area (Å²) in [6, 6.07) is 4.22. The molecule has 0 atom stereocenters. The molecule has 21 heavy (non-hydrogen) atoms. The van der Waals surface area contributed by atoms with Gasteiger partial charge in [-0.2, -0.15) is 0 Å². The minimum absolute atomic E-state index is 0.0502. The zero-order chi connectivity index (χ0) is 15.5. The molecule has 0 bridgehead atoms. The first-order valence-corrected chi connectivity index (χ1v) is 8.52. The molecule has 0 saturated carbocycles. The number of hydrogen-bond donors (Lipinski definition) is 0. The number of ether oxygens (including phenoxy) is 1. The van der Waals surface area contributed by atoms with Crippen LogP contribution in [0, 0.1) is 0 Å². The molecule has 0 spiro atoms. The van der Waals surface area contributed by atoms with E-state index in [0.29, 0.717) is 11.3 Å². The molecule has 0 aliphatic heterocycles. The smallest absolute Gasteiger partial charge is 0.186 e. The summed E-state index contributed by atoms with van der Waals surface area (Å²) in [6.45, 7) is 0. The number of carbonyl (C=O) groups excluding carboxylic acids is 1. The zero-order valence-electron chi connectivity index (χ0n) is 11.3. The van der Waals surface area contributed by atoms with Gasteiger partial charge in [0, 0.05) is 17.2 Å². The number of benzene rings is 1. The number of rotatable bonds is 5. The molecule has 8 heteroatoms. The van der Waals surface area contributed by atoms with Gasteiger partial charge in [0.1, 0.15) is 10.6 Å². The van der Waals surface area contributed by atoms with E-state index < -0.39 is 9.84 Å². The maximum atomic E-state index is 12.0. The Bertz CT molecular complexity index is 781. The van der Waals surface area contributed by atoms with Gasteiger partial charge in [0.2, 0.25) is 0 Å². The first kappa shape index (κ1) is 15.3. The number of aromatic nitrogens is 2. The highest BCUT2D eigenvalue weighted by molar-refractivity contribution is 7.90. The molecule has 0 radical (unpaired) electrons. The van der Waals surface area contributed by atoms with E-state index in [1.807, 2.05) is 0 Å². The highest BCUT2D eigenvalue weighted by Gasteiger charge is 2.16. The molecule has 2 rings (SSSR count). The standard InChI is InChI=1S/C13H12N2O4S2/c1-19-12-7-9(3-6-13(12)21(2,17)18)11(16)5-4-10-8-20-15-14-10/h3-8H,1-2H3/b5-4+. The van der Waals surface area contributed by atoms with Crippen molar-refractivity contribution < 1.29 is 17.9 Å². The number of allylic oxidation sites excluding steroid dienone is 1. The fourth-order valence-electron chi connectivity index (χ4n) is 1.63. The van der Waals surface area contributed by atoms with Crippen molar-refractivity contribution in [2.75, 3.05) is 13.4 Å². The summed E-state index contributed by atoms with van der Waals surface area (Å²) in [5.41, 5.74) is 0.923. The van der Waals surface area contributed by atoms with Crippen molar-refractivity contribution in [3.63, 3.8) is 0 Å². The van der Waals surface area contributed by atoms with E-state index in [1.165, 1.54) is 42.9 Å². The van der Waals surface area contributed by atoms with Gasteiger partial charge in [-0.1, -0.05) is 4.49 Å². The fraction of sp³-hybridized carbons (Fsp3) is 0.154. The van der Waals surface area contributed by atoms with Crippen LogP contribution in [0.15, 0.2) is 34.6 Å². The molecule has 0 amide bonds. The van der Waals surface area contributed by atoms with Crippen molar-refractivity contribution >= 4 is 33.2 Å². The third-order valence-corrected chi connectivity index (χ3v) is 4.29. The van der Waals surface area contributed by atoms with Gasteiger partial charge in [0.25, 0.3) is 0 Å². The normalized spacial score (nSPS) is 11.7. The van der Waals surface area contributed by atoms with Crippen LogP contribution in [0.1, 0.15) is 16.1 Å². The van der Waals surface area contributed by atoms with Crippen molar-refractivity contribution in [3.05, 3.63) is 40.9 Å². The Labute approximate surface area is 126 Å². The molecule has 110 valence electrons. The Morgan fingerprint density at radius 1 is 1.38 bits per heavy atom. The Balaban J connectivity index is 2.31. The van der Waals surface area contributed by atoms with Gasteiger partial charge in [0.05, 0.1) is 12.8 Å². The van der Waals surface area contributed by atoms with Gasteiger partial charge >= 0.3 is 0 Å². The third-order valence-electron chi connectivity index (χ3n) is 2.63. The van der Waals surface area contributed by atoms with Crippen LogP contribution in [0.4, 0.5) is 0 Å². The third kappa shape index (κ3) is 3.73. The van der Waals surface area contributed by atoms with Gasteiger partial charge in [-0.25, -0.2) is 8.42 Å². The fourth-order valence-corrected chi connectivity index (χ4v) is 2.87. The first-order valence-electron chi connectivity index (χ1n) is 5.79. The van der Waals surface area contributed by atoms with Crippen molar-refractivity contribution in [2.24, 2.45) is 0 Å². The van der Waals surface area contributed by atoms with Crippen LogP contribution in [0.2, 0.25) is 0 Å². The number of sulfone groups is 1. The summed E-state index contributed by atoms with van der Waals surface area (Å²) in [5.74, 6) is -0.131. The van der Waals surface area contributed by atoms with Gasteiger partial charge < -0.3 is 4.74 Å². The van der Waals surface area contributed by atoms with Gasteiger partial charge in [-0.05, 0) is 41.9 Å². The Kier molecular flexibility index (Phi) is 4.49. The molecule has 6 nitrogen and oxygen atoms in total. The molecule has 0 fully saturated rings. The summed E-state index contributed by atoms with van der Waals surface area (Å²) >= 11 is 1.19. The largest absolute Gasteiger partial charge is 0.495 e. The molecule has 1 aromatic heterocycles. The average molecular weight is 324 g/mol. The van der Waals surface area contributed by atoms with E-state index in [-0.39, 0.29) is 16.4 Å². The number of methoxy groups -OCH3 is 1. The lowest BCUT2D eigenvalue weighted by molar-refractivity contribution is 0.104. The van der Waals surface area contributed by atoms with Crippen LogP contribution >= 0.6 is 11.5 Å². The summed E-state index contributed by atoms with van der Waals surface area (Å²) in [7, 11) is -2.05. The molecule has 2 aromatic rings. The molecule has 0 N–H and O–H groups in total. The minimum atomic E-state index is -3.41.